The Morgan fingerprint density at radius 2 is 1.96 bits per heavy atom. The Morgan fingerprint density at radius 1 is 1.22 bits per heavy atom. The molecule has 7 nitrogen and oxygen atoms in total. The van der Waals surface area contributed by atoms with Gasteiger partial charge in [0.15, 0.2) is 6.61 Å². The van der Waals surface area contributed by atoms with Crippen molar-refractivity contribution in [2.75, 3.05) is 13.2 Å². The van der Waals surface area contributed by atoms with Gasteiger partial charge in [-0.25, -0.2) is 9.78 Å². The molecule has 1 aromatic carbocycles. The molecule has 2 aromatic rings. The molecule has 1 aromatic heterocycles. The van der Waals surface area contributed by atoms with E-state index in [0.717, 1.165) is 12.0 Å². The number of carboxylic acids is 1. The first-order valence-electron chi connectivity index (χ1n) is 8.82. The molecule has 144 valence electrons. The van der Waals surface area contributed by atoms with Crippen molar-refractivity contribution in [3.63, 3.8) is 0 Å². The standard InChI is InChI=1S/C20H24N2O5/c1-3-14(2)27-18-12-16(9-11-21-18)20(25)22-10-8-15-4-6-17(7-5-15)26-13-19(23)24/h4-7,9,11-12,14H,3,8,10,13H2,1-2H3,(H,22,25)(H,23,24). The number of aliphatic carboxylic acids is 1. The molecular formula is C20H24N2O5. The maximum absolute atomic E-state index is 12.3. The number of pyridine rings is 1. The molecule has 0 saturated heterocycles. The highest BCUT2D eigenvalue weighted by atomic mass is 16.5. The molecule has 0 bridgehead atoms. The van der Waals surface area contributed by atoms with Gasteiger partial charge in [-0.15, -0.1) is 0 Å². The van der Waals surface area contributed by atoms with E-state index in [1.165, 1.54) is 0 Å². The zero-order valence-corrected chi connectivity index (χ0v) is 15.5. The molecule has 0 aliphatic carbocycles. The van der Waals surface area contributed by atoms with Crippen LogP contribution in [-0.2, 0) is 11.2 Å². The number of carboxylic acid groups (broad SMARTS) is 1. The third kappa shape index (κ3) is 6.97. The van der Waals surface area contributed by atoms with Gasteiger partial charge in [0.2, 0.25) is 5.88 Å². The lowest BCUT2D eigenvalue weighted by Crippen LogP contribution is -2.25. The second-order valence-electron chi connectivity index (χ2n) is 6.05. The maximum atomic E-state index is 12.3. The minimum atomic E-state index is -1.02. The Hall–Kier alpha value is -3.09. The van der Waals surface area contributed by atoms with E-state index in [1.54, 1.807) is 30.5 Å². The smallest absolute Gasteiger partial charge is 0.341 e. The Balaban J connectivity index is 1.82. The van der Waals surface area contributed by atoms with Crippen LogP contribution in [0.5, 0.6) is 11.6 Å². The summed E-state index contributed by atoms with van der Waals surface area (Å²) in [5.41, 5.74) is 1.51. The molecule has 27 heavy (non-hydrogen) atoms. The van der Waals surface area contributed by atoms with E-state index < -0.39 is 5.97 Å². The summed E-state index contributed by atoms with van der Waals surface area (Å²) < 4.78 is 10.7. The van der Waals surface area contributed by atoms with Gasteiger partial charge in [-0.1, -0.05) is 19.1 Å². The van der Waals surface area contributed by atoms with E-state index in [-0.39, 0.29) is 18.6 Å². The van der Waals surface area contributed by atoms with Crippen molar-refractivity contribution in [3.8, 4) is 11.6 Å². The summed E-state index contributed by atoms with van der Waals surface area (Å²) in [6.45, 7) is 4.07. The summed E-state index contributed by atoms with van der Waals surface area (Å²) in [6.07, 6.45) is 3.10. The second kappa shape index (κ2) is 10.2. The highest BCUT2D eigenvalue weighted by Gasteiger charge is 2.09. The summed E-state index contributed by atoms with van der Waals surface area (Å²) in [6, 6.07) is 10.4. The van der Waals surface area contributed by atoms with Crippen molar-refractivity contribution in [1.82, 2.24) is 10.3 Å². The number of nitrogens with zero attached hydrogens (tertiary/aromatic N) is 1. The van der Waals surface area contributed by atoms with Crippen molar-refractivity contribution >= 4 is 11.9 Å². The summed E-state index contributed by atoms with van der Waals surface area (Å²) in [7, 11) is 0. The van der Waals surface area contributed by atoms with Gasteiger partial charge in [-0.05, 0) is 43.5 Å². The van der Waals surface area contributed by atoms with Gasteiger partial charge in [0.25, 0.3) is 5.91 Å². The van der Waals surface area contributed by atoms with Gasteiger partial charge in [0.1, 0.15) is 5.75 Å². The molecule has 1 amide bonds. The fourth-order valence-corrected chi connectivity index (χ4v) is 2.22. The number of carbonyl (C=O) groups is 2. The predicted octanol–water partition coefficient (Wildman–Crippen LogP) is 2.69. The van der Waals surface area contributed by atoms with Crippen molar-refractivity contribution < 1.29 is 24.2 Å². The van der Waals surface area contributed by atoms with Gasteiger partial charge < -0.3 is 19.9 Å². The molecule has 0 radical (unpaired) electrons. The van der Waals surface area contributed by atoms with Crippen LogP contribution in [0.4, 0.5) is 0 Å². The first-order chi connectivity index (χ1) is 13.0. The quantitative estimate of drug-likeness (QED) is 0.665. The molecule has 1 unspecified atom stereocenters. The second-order valence-corrected chi connectivity index (χ2v) is 6.05. The number of nitrogens with one attached hydrogen (secondary N) is 1. The number of carbonyl (C=O) groups excluding carboxylic acids is 1. The fourth-order valence-electron chi connectivity index (χ4n) is 2.22. The van der Waals surface area contributed by atoms with E-state index >= 15 is 0 Å². The molecule has 1 heterocycles. The molecule has 0 saturated carbocycles. The Kier molecular flexibility index (Phi) is 7.61. The average Bonchev–Trinajstić information content (AvgIpc) is 2.67. The lowest BCUT2D eigenvalue weighted by atomic mass is 10.1. The molecule has 0 spiro atoms. The fraction of sp³-hybridized carbons (Fsp3) is 0.350. The first-order valence-corrected chi connectivity index (χ1v) is 8.82. The molecule has 7 heteroatoms. The summed E-state index contributed by atoms with van der Waals surface area (Å²) in [5, 5.41) is 11.5. The predicted molar refractivity (Wildman–Crippen MR) is 100 cm³/mol. The Bertz CT molecular complexity index is 761. The lowest BCUT2D eigenvalue weighted by Gasteiger charge is -2.12. The maximum Gasteiger partial charge on any atom is 0.341 e. The molecular weight excluding hydrogens is 348 g/mol. The highest BCUT2D eigenvalue weighted by molar-refractivity contribution is 5.94. The number of ether oxygens (including phenoxy) is 2. The zero-order chi connectivity index (χ0) is 19.6. The zero-order valence-electron chi connectivity index (χ0n) is 15.5. The Labute approximate surface area is 158 Å². The molecule has 0 aliphatic heterocycles. The van der Waals surface area contributed by atoms with Crippen molar-refractivity contribution in [1.29, 1.82) is 0 Å². The van der Waals surface area contributed by atoms with Crippen LogP contribution in [0.1, 0.15) is 36.2 Å². The molecule has 0 fully saturated rings. The van der Waals surface area contributed by atoms with E-state index in [0.29, 0.717) is 30.2 Å². The summed E-state index contributed by atoms with van der Waals surface area (Å²) in [4.78, 5) is 26.9. The number of hydrogen-bond acceptors (Lipinski definition) is 5. The number of aromatic nitrogens is 1. The van der Waals surface area contributed by atoms with Gasteiger partial charge in [-0.3, -0.25) is 4.79 Å². The van der Waals surface area contributed by atoms with Crippen LogP contribution in [0.15, 0.2) is 42.6 Å². The Morgan fingerprint density at radius 3 is 2.63 bits per heavy atom. The average molecular weight is 372 g/mol. The van der Waals surface area contributed by atoms with Crippen LogP contribution in [0.3, 0.4) is 0 Å². The monoisotopic (exact) mass is 372 g/mol. The van der Waals surface area contributed by atoms with E-state index in [2.05, 4.69) is 10.3 Å². The number of benzene rings is 1. The highest BCUT2D eigenvalue weighted by Crippen LogP contribution is 2.14. The van der Waals surface area contributed by atoms with Crippen LogP contribution in [0.2, 0.25) is 0 Å². The van der Waals surface area contributed by atoms with Crippen LogP contribution < -0.4 is 14.8 Å². The van der Waals surface area contributed by atoms with E-state index in [4.69, 9.17) is 14.6 Å². The molecule has 2 N–H and O–H groups in total. The van der Waals surface area contributed by atoms with Crippen molar-refractivity contribution in [3.05, 3.63) is 53.7 Å². The largest absolute Gasteiger partial charge is 0.482 e. The van der Waals surface area contributed by atoms with Crippen molar-refractivity contribution in [2.24, 2.45) is 0 Å². The van der Waals surface area contributed by atoms with Gasteiger partial charge in [0.05, 0.1) is 6.10 Å². The molecule has 2 rings (SSSR count). The van der Waals surface area contributed by atoms with Gasteiger partial charge in [0, 0.05) is 24.4 Å². The topological polar surface area (TPSA) is 97.8 Å². The van der Waals surface area contributed by atoms with Crippen molar-refractivity contribution in [2.45, 2.75) is 32.8 Å². The van der Waals surface area contributed by atoms with E-state index in [9.17, 15) is 9.59 Å². The third-order valence-electron chi connectivity index (χ3n) is 3.88. The number of hydrogen-bond donors (Lipinski definition) is 2. The van der Waals surface area contributed by atoms with Gasteiger partial charge in [-0.2, -0.15) is 0 Å². The normalized spacial score (nSPS) is 11.5. The van der Waals surface area contributed by atoms with Gasteiger partial charge >= 0.3 is 5.97 Å². The minimum Gasteiger partial charge on any atom is -0.482 e. The number of rotatable bonds is 10. The van der Waals surface area contributed by atoms with Crippen LogP contribution in [-0.4, -0.2) is 41.2 Å². The van der Waals surface area contributed by atoms with E-state index in [1.807, 2.05) is 26.0 Å². The van der Waals surface area contributed by atoms with Crippen LogP contribution in [0, 0.1) is 0 Å². The number of amides is 1. The van der Waals surface area contributed by atoms with Crippen LogP contribution >= 0.6 is 0 Å². The molecule has 0 aliphatic rings. The first kappa shape index (κ1) is 20.2. The summed E-state index contributed by atoms with van der Waals surface area (Å²) >= 11 is 0. The minimum absolute atomic E-state index is 0.0401. The SMILES string of the molecule is CCC(C)Oc1cc(C(=O)NCCc2ccc(OCC(=O)O)cc2)ccn1. The molecule has 1 atom stereocenters. The van der Waals surface area contributed by atoms with Crippen LogP contribution in [0.25, 0.3) is 0 Å². The third-order valence-corrected chi connectivity index (χ3v) is 3.88. The summed E-state index contributed by atoms with van der Waals surface area (Å²) in [5.74, 6) is -0.270. The lowest BCUT2D eigenvalue weighted by molar-refractivity contribution is -0.139.